The van der Waals surface area contributed by atoms with E-state index in [0.717, 1.165) is 18.2 Å². The van der Waals surface area contributed by atoms with Crippen molar-refractivity contribution < 1.29 is 32.3 Å². The highest BCUT2D eigenvalue weighted by Crippen LogP contribution is 2.29. The van der Waals surface area contributed by atoms with Gasteiger partial charge in [0.15, 0.2) is 5.76 Å². The topological polar surface area (TPSA) is 70.8 Å². The number of amides is 1. The summed E-state index contributed by atoms with van der Waals surface area (Å²) in [6, 6.07) is 5.78. The average Bonchev–Trinajstić information content (AvgIpc) is 2.98. The van der Waals surface area contributed by atoms with E-state index in [2.05, 4.69) is 0 Å². The van der Waals surface area contributed by atoms with Crippen molar-refractivity contribution in [2.45, 2.75) is 26.1 Å². The molecule has 0 unspecified atom stereocenters. The predicted molar refractivity (Wildman–Crippen MR) is 82.3 cm³/mol. The maximum absolute atomic E-state index is 12.7. The summed E-state index contributed by atoms with van der Waals surface area (Å²) in [5, 5.41) is 9.08. The molecule has 1 N–H and O–H groups in total. The Bertz CT molecular complexity index is 795. The van der Waals surface area contributed by atoms with Gasteiger partial charge < -0.3 is 14.4 Å². The molecule has 0 aliphatic rings. The van der Waals surface area contributed by atoms with Gasteiger partial charge in [0.25, 0.3) is 5.91 Å². The zero-order valence-corrected chi connectivity index (χ0v) is 13.6. The molecule has 0 spiro atoms. The number of carbonyl (C=O) groups excluding carboxylic acids is 1. The van der Waals surface area contributed by atoms with Crippen molar-refractivity contribution in [3.63, 3.8) is 0 Å². The number of aromatic carboxylic acids is 1. The molecule has 0 saturated heterocycles. The number of furan rings is 1. The fourth-order valence-corrected chi connectivity index (χ4v) is 2.36. The summed E-state index contributed by atoms with van der Waals surface area (Å²) in [7, 11) is 1.40. The minimum Gasteiger partial charge on any atom is -0.478 e. The van der Waals surface area contributed by atoms with Crippen LogP contribution in [-0.2, 0) is 19.1 Å². The van der Waals surface area contributed by atoms with Crippen LogP contribution in [0.5, 0.6) is 0 Å². The third-order valence-electron chi connectivity index (χ3n) is 3.59. The molecule has 0 atom stereocenters. The second kappa shape index (κ2) is 7.00. The summed E-state index contributed by atoms with van der Waals surface area (Å²) in [5.74, 6) is -1.81. The van der Waals surface area contributed by atoms with E-state index in [4.69, 9.17) is 9.52 Å². The van der Waals surface area contributed by atoms with Gasteiger partial charge in [0.2, 0.25) is 0 Å². The lowest BCUT2D eigenvalue weighted by Gasteiger charge is -2.17. The molecule has 1 aromatic heterocycles. The van der Waals surface area contributed by atoms with Crippen molar-refractivity contribution in [1.29, 1.82) is 0 Å². The van der Waals surface area contributed by atoms with Crippen LogP contribution in [0.25, 0.3) is 0 Å². The number of aryl methyl sites for hydroxylation is 1. The first-order valence-electron chi connectivity index (χ1n) is 7.41. The Hall–Kier alpha value is -2.77. The third kappa shape index (κ3) is 4.20. The maximum atomic E-state index is 12.7. The van der Waals surface area contributed by atoms with Crippen LogP contribution < -0.4 is 0 Å². The molecule has 0 aliphatic carbocycles. The number of alkyl halides is 3. The average molecular weight is 355 g/mol. The molecule has 0 bridgehead atoms. The first kappa shape index (κ1) is 18.6. The van der Waals surface area contributed by atoms with Crippen LogP contribution in [0.15, 0.2) is 34.7 Å². The van der Waals surface area contributed by atoms with E-state index in [0.29, 0.717) is 12.0 Å². The normalized spacial score (nSPS) is 11.4. The van der Waals surface area contributed by atoms with Crippen LogP contribution in [0.1, 0.15) is 44.7 Å². The number of halogens is 3. The quantitative estimate of drug-likeness (QED) is 0.885. The third-order valence-corrected chi connectivity index (χ3v) is 3.59. The van der Waals surface area contributed by atoms with Crippen molar-refractivity contribution in [1.82, 2.24) is 4.90 Å². The largest absolute Gasteiger partial charge is 0.478 e. The Morgan fingerprint density at radius 1 is 1.24 bits per heavy atom. The SMILES string of the molecule is CCc1oc(C(=O)N(C)Cc2cccc(C(F)(F)F)c2)cc1C(=O)O. The Balaban J connectivity index is 2.20. The summed E-state index contributed by atoms with van der Waals surface area (Å²) >= 11 is 0. The van der Waals surface area contributed by atoms with Crippen molar-refractivity contribution in [3.8, 4) is 0 Å². The van der Waals surface area contributed by atoms with E-state index in [9.17, 15) is 22.8 Å². The predicted octanol–water partition coefficient (Wildman–Crippen LogP) is 3.83. The summed E-state index contributed by atoms with van der Waals surface area (Å²) in [4.78, 5) is 24.6. The molecule has 2 rings (SSSR count). The van der Waals surface area contributed by atoms with Gasteiger partial charge in [-0.3, -0.25) is 4.79 Å². The van der Waals surface area contributed by atoms with E-state index in [1.807, 2.05) is 0 Å². The number of carbonyl (C=O) groups is 2. The lowest BCUT2D eigenvalue weighted by Crippen LogP contribution is -2.26. The number of hydrogen-bond donors (Lipinski definition) is 1. The van der Waals surface area contributed by atoms with Crippen LogP contribution in [0, 0.1) is 0 Å². The lowest BCUT2D eigenvalue weighted by atomic mass is 10.1. The highest BCUT2D eigenvalue weighted by molar-refractivity contribution is 5.96. The number of hydrogen-bond acceptors (Lipinski definition) is 3. The van der Waals surface area contributed by atoms with Gasteiger partial charge in [0.1, 0.15) is 11.3 Å². The Labute approximate surface area is 141 Å². The second-order valence-corrected chi connectivity index (χ2v) is 5.47. The molecule has 0 radical (unpaired) electrons. The molecule has 5 nitrogen and oxygen atoms in total. The van der Waals surface area contributed by atoms with Gasteiger partial charge in [-0.15, -0.1) is 0 Å². The van der Waals surface area contributed by atoms with Crippen molar-refractivity contribution in [2.24, 2.45) is 0 Å². The van der Waals surface area contributed by atoms with Gasteiger partial charge in [-0.2, -0.15) is 13.2 Å². The van der Waals surface area contributed by atoms with Crippen molar-refractivity contribution in [3.05, 3.63) is 58.5 Å². The molecule has 1 amide bonds. The first-order chi connectivity index (χ1) is 11.6. The monoisotopic (exact) mass is 355 g/mol. The molecule has 1 aromatic carbocycles. The van der Waals surface area contributed by atoms with Crippen LogP contribution in [0.3, 0.4) is 0 Å². The van der Waals surface area contributed by atoms with E-state index in [-0.39, 0.29) is 23.6 Å². The van der Waals surface area contributed by atoms with Gasteiger partial charge in [0, 0.05) is 26.1 Å². The van der Waals surface area contributed by atoms with Crippen LogP contribution in [-0.4, -0.2) is 28.9 Å². The van der Waals surface area contributed by atoms with Gasteiger partial charge >= 0.3 is 12.1 Å². The van der Waals surface area contributed by atoms with E-state index < -0.39 is 23.6 Å². The summed E-state index contributed by atoms with van der Waals surface area (Å²) in [5.41, 5.74) is -0.602. The molecule has 2 aromatic rings. The van der Waals surface area contributed by atoms with Gasteiger partial charge in [-0.1, -0.05) is 19.1 Å². The number of rotatable bonds is 5. The van der Waals surface area contributed by atoms with Crippen LogP contribution in [0.2, 0.25) is 0 Å². The van der Waals surface area contributed by atoms with Gasteiger partial charge in [0.05, 0.1) is 5.56 Å². The molecule has 25 heavy (non-hydrogen) atoms. The second-order valence-electron chi connectivity index (χ2n) is 5.47. The summed E-state index contributed by atoms with van der Waals surface area (Å²) in [6.45, 7) is 1.61. The van der Waals surface area contributed by atoms with Crippen molar-refractivity contribution >= 4 is 11.9 Å². The number of carboxylic acid groups (broad SMARTS) is 1. The molecule has 0 fully saturated rings. The van der Waals surface area contributed by atoms with Gasteiger partial charge in [-0.05, 0) is 17.7 Å². The minimum absolute atomic E-state index is 0.0761. The van der Waals surface area contributed by atoms with Crippen LogP contribution in [0.4, 0.5) is 13.2 Å². The number of benzene rings is 1. The highest BCUT2D eigenvalue weighted by Gasteiger charge is 2.30. The zero-order valence-electron chi connectivity index (χ0n) is 13.6. The molecule has 134 valence electrons. The van der Waals surface area contributed by atoms with Crippen molar-refractivity contribution in [2.75, 3.05) is 7.05 Å². The summed E-state index contributed by atoms with van der Waals surface area (Å²) < 4.78 is 43.5. The number of carboxylic acids is 1. The van der Waals surface area contributed by atoms with E-state index in [1.165, 1.54) is 24.1 Å². The Morgan fingerprint density at radius 2 is 1.92 bits per heavy atom. The fraction of sp³-hybridized carbons (Fsp3) is 0.294. The zero-order chi connectivity index (χ0) is 18.8. The molecule has 0 saturated carbocycles. The lowest BCUT2D eigenvalue weighted by molar-refractivity contribution is -0.137. The molecular weight excluding hydrogens is 339 g/mol. The summed E-state index contributed by atoms with van der Waals surface area (Å²) in [6.07, 6.45) is -4.17. The first-order valence-corrected chi connectivity index (χ1v) is 7.41. The maximum Gasteiger partial charge on any atom is 0.416 e. The molecule has 8 heteroatoms. The highest BCUT2D eigenvalue weighted by atomic mass is 19.4. The van der Waals surface area contributed by atoms with E-state index in [1.54, 1.807) is 6.92 Å². The minimum atomic E-state index is -4.47. The smallest absolute Gasteiger partial charge is 0.416 e. The molecular formula is C17H16F3NO4. The van der Waals surface area contributed by atoms with E-state index >= 15 is 0 Å². The molecule has 1 heterocycles. The fourth-order valence-electron chi connectivity index (χ4n) is 2.36. The standard InChI is InChI=1S/C17H16F3NO4/c1-3-13-12(16(23)24)8-14(25-13)15(22)21(2)9-10-5-4-6-11(7-10)17(18,19)20/h4-8H,3,9H2,1-2H3,(H,23,24). The van der Waals surface area contributed by atoms with Crippen LogP contribution >= 0.6 is 0 Å². The molecule has 0 aliphatic heterocycles. The Kier molecular flexibility index (Phi) is 5.20. The van der Waals surface area contributed by atoms with Gasteiger partial charge in [-0.25, -0.2) is 4.79 Å². The Morgan fingerprint density at radius 3 is 2.44 bits per heavy atom. The number of nitrogens with zero attached hydrogens (tertiary/aromatic N) is 1.